The zero-order chi connectivity index (χ0) is 40.1. The van der Waals surface area contributed by atoms with Crippen molar-refractivity contribution >= 4 is 23.9 Å². The summed E-state index contributed by atoms with van der Waals surface area (Å²) in [5.41, 5.74) is -0.995. The SMILES string of the molecule is CC(C)(CO)C1OCC2(CO1)COC(C(C)(C)CO)OC2.CC1(C)CC(O)CC(C)(C)N1.COC(=O)CC(C(=O)OC)C(CC(=O)OC)C(=O)OC. The van der Waals surface area contributed by atoms with Crippen molar-refractivity contribution in [1.29, 1.82) is 0 Å². The molecule has 16 nitrogen and oxygen atoms in total. The monoisotopic (exact) mass is 751 g/mol. The van der Waals surface area contributed by atoms with Gasteiger partial charge >= 0.3 is 23.9 Å². The fourth-order valence-electron chi connectivity index (χ4n) is 6.28. The number of rotatable bonds is 11. The van der Waals surface area contributed by atoms with E-state index in [1.165, 1.54) is 0 Å². The van der Waals surface area contributed by atoms with Crippen LogP contribution in [0.3, 0.4) is 0 Å². The summed E-state index contributed by atoms with van der Waals surface area (Å²) in [6, 6.07) is 0. The predicted molar refractivity (Wildman–Crippen MR) is 186 cm³/mol. The number of ether oxygens (including phenoxy) is 8. The van der Waals surface area contributed by atoms with Crippen molar-refractivity contribution in [3.8, 4) is 0 Å². The van der Waals surface area contributed by atoms with E-state index in [0.29, 0.717) is 26.4 Å². The largest absolute Gasteiger partial charge is 0.469 e. The van der Waals surface area contributed by atoms with Crippen molar-refractivity contribution in [2.24, 2.45) is 28.1 Å². The number of hydrogen-bond donors (Lipinski definition) is 4. The molecule has 0 bridgehead atoms. The van der Waals surface area contributed by atoms with Crippen LogP contribution in [0.5, 0.6) is 0 Å². The first-order valence-corrected chi connectivity index (χ1v) is 17.4. The van der Waals surface area contributed by atoms with E-state index in [2.05, 4.69) is 52.0 Å². The van der Waals surface area contributed by atoms with Crippen LogP contribution in [-0.2, 0) is 57.1 Å². The van der Waals surface area contributed by atoms with Gasteiger partial charge in [0.15, 0.2) is 12.6 Å². The standard InChI is InChI=1S/C15H28O6.C12H18O8.C9H19NO/c1-13(2,5-16)11-18-7-15(8-19-11)9-20-12(21-10-15)14(3,4)6-17;1-17-9(13)5-7(11(15)19-3)8(12(16)20-4)6-10(14)18-2;1-8(2)5-7(11)6-9(3,4)10-8/h11-12,16-17H,5-10H2,1-4H3;7-8H,5-6H2,1-4H3;7,10-11H,5-6H2,1-4H3. The number of esters is 4. The van der Waals surface area contributed by atoms with Gasteiger partial charge in [-0.05, 0) is 40.5 Å². The van der Waals surface area contributed by atoms with E-state index in [4.69, 9.17) is 18.9 Å². The second kappa shape index (κ2) is 20.3. The Morgan fingerprint density at radius 1 is 0.654 bits per heavy atom. The maximum absolute atomic E-state index is 11.7. The molecule has 3 fully saturated rings. The second-order valence-electron chi connectivity index (χ2n) is 16.5. The minimum absolute atomic E-state index is 0.00440. The molecule has 0 amide bonds. The quantitative estimate of drug-likeness (QED) is 0.175. The number of hydrogen-bond acceptors (Lipinski definition) is 16. The van der Waals surface area contributed by atoms with Gasteiger partial charge in [0.05, 0.1) is 104 Å². The summed E-state index contributed by atoms with van der Waals surface area (Å²) in [6.07, 6.45) is -0.0621. The van der Waals surface area contributed by atoms with Crippen LogP contribution < -0.4 is 5.32 Å². The summed E-state index contributed by atoms with van der Waals surface area (Å²) < 4.78 is 41.1. The van der Waals surface area contributed by atoms with Crippen molar-refractivity contribution in [2.45, 2.75) is 111 Å². The molecule has 0 aromatic heterocycles. The lowest BCUT2D eigenvalue weighted by atomic mass is 9.81. The third-order valence-corrected chi connectivity index (χ3v) is 9.15. The molecule has 3 heterocycles. The summed E-state index contributed by atoms with van der Waals surface area (Å²) in [5.74, 6) is -5.40. The molecule has 3 aliphatic heterocycles. The summed E-state index contributed by atoms with van der Waals surface area (Å²) in [7, 11) is 4.51. The average Bonchev–Trinajstić information content (AvgIpc) is 3.08. The number of carbonyl (C=O) groups excluding carboxylic acids is 4. The Labute approximate surface area is 308 Å². The van der Waals surface area contributed by atoms with Crippen molar-refractivity contribution in [1.82, 2.24) is 5.32 Å². The van der Waals surface area contributed by atoms with Crippen LogP contribution in [0.2, 0.25) is 0 Å². The number of aliphatic hydroxyl groups excluding tert-OH is 3. The molecule has 4 N–H and O–H groups in total. The third kappa shape index (κ3) is 14.8. The lowest BCUT2D eigenvalue weighted by molar-refractivity contribution is -0.337. The predicted octanol–water partition coefficient (Wildman–Crippen LogP) is 1.73. The van der Waals surface area contributed by atoms with Gasteiger partial charge in [-0.25, -0.2) is 0 Å². The highest BCUT2D eigenvalue weighted by Crippen LogP contribution is 2.38. The summed E-state index contributed by atoms with van der Waals surface area (Å²) in [4.78, 5) is 46.0. The highest BCUT2D eigenvalue weighted by Gasteiger charge is 2.47. The van der Waals surface area contributed by atoms with E-state index in [1.54, 1.807) is 0 Å². The average molecular weight is 752 g/mol. The second-order valence-corrected chi connectivity index (χ2v) is 16.5. The molecule has 0 aromatic rings. The smallest absolute Gasteiger partial charge is 0.310 e. The molecule has 3 aliphatic rings. The van der Waals surface area contributed by atoms with Crippen molar-refractivity contribution < 1.29 is 72.4 Å². The first-order chi connectivity index (χ1) is 24.0. The molecule has 1 spiro atoms. The molecular formula is C36H65NO15. The molecule has 3 rings (SSSR count). The molecule has 0 saturated carbocycles. The van der Waals surface area contributed by atoms with Crippen LogP contribution in [0.15, 0.2) is 0 Å². The molecule has 52 heavy (non-hydrogen) atoms. The Hall–Kier alpha value is -2.44. The molecule has 0 aromatic carbocycles. The Kier molecular flexibility index (Phi) is 18.6. The number of methoxy groups -OCH3 is 4. The van der Waals surface area contributed by atoms with Gasteiger partial charge in [0, 0.05) is 21.9 Å². The Morgan fingerprint density at radius 3 is 1.19 bits per heavy atom. The zero-order valence-electron chi connectivity index (χ0n) is 33.2. The van der Waals surface area contributed by atoms with Gasteiger partial charge in [-0.1, -0.05) is 27.7 Å². The highest BCUT2D eigenvalue weighted by atomic mass is 16.7. The van der Waals surface area contributed by atoms with Gasteiger partial charge in [-0.2, -0.15) is 0 Å². The van der Waals surface area contributed by atoms with Gasteiger partial charge in [0.25, 0.3) is 0 Å². The minimum atomic E-state index is -1.18. The van der Waals surface area contributed by atoms with Crippen molar-refractivity contribution in [2.75, 3.05) is 68.1 Å². The summed E-state index contributed by atoms with van der Waals surface area (Å²) in [5, 5.41) is 31.8. The van der Waals surface area contributed by atoms with Crippen LogP contribution in [0.4, 0.5) is 0 Å². The molecule has 2 unspecified atom stereocenters. The maximum Gasteiger partial charge on any atom is 0.310 e. The maximum atomic E-state index is 11.7. The van der Waals surface area contributed by atoms with Gasteiger partial charge < -0.3 is 58.5 Å². The third-order valence-electron chi connectivity index (χ3n) is 9.15. The van der Waals surface area contributed by atoms with Crippen LogP contribution in [0.1, 0.15) is 81.1 Å². The van der Waals surface area contributed by atoms with Gasteiger partial charge in [0.2, 0.25) is 0 Å². The molecule has 3 saturated heterocycles. The van der Waals surface area contributed by atoms with Crippen LogP contribution in [0.25, 0.3) is 0 Å². The topological polar surface area (TPSA) is 215 Å². The van der Waals surface area contributed by atoms with E-state index in [9.17, 15) is 34.5 Å². The van der Waals surface area contributed by atoms with Crippen molar-refractivity contribution in [3.05, 3.63) is 0 Å². The van der Waals surface area contributed by atoms with E-state index < -0.39 is 72.0 Å². The molecule has 0 radical (unpaired) electrons. The lowest BCUT2D eigenvalue weighted by Gasteiger charge is -2.48. The molecule has 0 aliphatic carbocycles. The van der Waals surface area contributed by atoms with E-state index in [1.807, 2.05) is 27.7 Å². The van der Waals surface area contributed by atoms with E-state index in [0.717, 1.165) is 41.3 Å². The molecule has 16 heteroatoms. The highest BCUT2D eigenvalue weighted by molar-refractivity contribution is 5.88. The van der Waals surface area contributed by atoms with E-state index in [-0.39, 0.29) is 35.8 Å². The number of nitrogens with one attached hydrogen (secondary N) is 1. The van der Waals surface area contributed by atoms with Gasteiger partial charge in [-0.3, -0.25) is 19.2 Å². The Morgan fingerprint density at radius 2 is 0.962 bits per heavy atom. The summed E-state index contributed by atoms with van der Waals surface area (Å²) in [6.45, 7) is 18.1. The molecule has 2 atom stereocenters. The fourth-order valence-corrected chi connectivity index (χ4v) is 6.28. The van der Waals surface area contributed by atoms with Crippen LogP contribution >= 0.6 is 0 Å². The zero-order valence-corrected chi connectivity index (χ0v) is 33.2. The first kappa shape index (κ1) is 47.6. The fraction of sp³-hybridized carbons (Fsp3) is 0.889. The van der Waals surface area contributed by atoms with E-state index >= 15 is 0 Å². The summed E-state index contributed by atoms with van der Waals surface area (Å²) >= 11 is 0. The lowest BCUT2D eigenvalue weighted by Crippen LogP contribution is -2.59. The van der Waals surface area contributed by atoms with Crippen LogP contribution in [0, 0.1) is 28.1 Å². The number of piperidine rings is 1. The van der Waals surface area contributed by atoms with Gasteiger partial charge in [-0.15, -0.1) is 0 Å². The van der Waals surface area contributed by atoms with Gasteiger partial charge in [0.1, 0.15) is 0 Å². The number of aliphatic hydroxyl groups is 3. The molecule has 304 valence electrons. The molecular weight excluding hydrogens is 686 g/mol. The minimum Gasteiger partial charge on any atom is -0.469 e. The first-order valence-electron chi connectivity index (χ1n) is 17.4. The number of carbonyl (C=O) groups is 4. The van der Waals surface area contributed by atoms with Crippen LogP contribution in [-0.4, -0.2) is 137 Å². The normalized spacial score (nSPS) is 25.5. The Balaban J connectivity index is 0.000000409. The van der Waals surface area contributed by atoms with Crippen molar-refractivity contribution in [3.63, 3.8) is 0 Å². The Bertz CT molecular complexity index is 1050.